The van der Waals surface area contributed by atoms with Gasteiger partial charge in [0.25, 0.3) is 0 Å². The molecular formula is C22H37NO6S. The minimum absolute atomic E-state index is 0.00126. The van der Waals surface area contributed by atoms with Gasteiger partial charge >= 0.3 is 0 Å². The summed E-state index contributed by atoms with van der Waals surface area (Å²) in [6, 6.07) is 0. The molecule has 2 rings (SSSR count). The molecule has 172 valence electrons. The molecule has 0 aromatic carbocycles. The van der Waals surface area contributed by atoms with Gasteiger partial charge in [0, 0.05) is 18.8 Å². The van der Waals surface area contributed by atoms with Gasteiger partial charge in [0.1, 0.15) is 0 Å². The summed E-state index contributed by atoms with van der Waals surface area (Å²) in [5.41, 5.74) is 1.24. The Morgan fingerprint density at radius 3 is 2.67 bits per heavy atom. The summed E-state index contributed by atoms with van der Waals surface area (Å²) in [6.07, 6.45) is 11.4. The number of sulfonamides is 1. The number of fused-ring (bicyclic) bond motifs is 1. The highest BCUT2D eigenvalue weighted by Crippen LogP contribution is 2.45. The topological polar surface area (TPSA) is 113 Å². The summed E-state index contributed by atoms with van der Waals surface area (Å²) < 4.78 is 30.1. The summed E-state index contributed by atoms with van der Waals surface area (Å²) in [5.74, 6) is -0.225. The summed E-state index contributed by atoms with van der Waals surface area (Å²) in [5, 5.41) is 20.6. The number of hydrogen-bond acceptors (Lipinski definition) is 6. The van der Waals surface area contributed by atoms with Crippen LogP contribution in [0, 0.1) is 11.8 Å². The Labute approximate surface area is 180 Å². The maximum Gasteiger partial charge on any atom is 0.233 e. The van der Waals surface area contributed by atoms with E-state index in [2.05, 4.69) is 6.08 Å². The molecule has 2 aliphatic rings. The van der Waals surface area contributed by atoms with Crippen molar-refractivity contribution in [2.45, 2.75) is 89.6 Å². The lowest BCUT2D eigenvalue weighted by atomic mass is 9.89. The van der Waals surface area contributed by atoms with Crippen molar-refractivity contribution in [3.63, 3.8) is 0 Å². The number of ether oxygens (including phenoxy) is 1. The van der Waals surface area contributed by atoms with Gasteiger partial charge in [-0.25, -0.2) is 8.42 Å². The number of unbranched alkanes of at least 4 members (excludes halogenated alkanes) is 1. The first-order chi connectivity index (χ1) is 14.0. The zero-order valence-corrected chi connectivity index (χ0v) is 19.1. The SMILES string of the molecule is CC(C)=CCC[C@H](O)/C=C/[C@@H]1[C@H]2C[C@H](CCCCC(=O)NS(C)(=O)=O)O[C@H]2C[C@H]1O. The van der Waals surface area contributed by atoms with E-state index in [4.69, 9.17) is 4.74 Å². The fourth-order valence-electron chi connectivity index (χ4n) is 4.44. The van der Waals surface area contributed by atoms with Crippen LogP contribution in [0.4, 0.5) is 0 Å². The summed E-state index contributed by atoms with van der Waals surface area (Å²) in [7, 11) is -3.49. The van der Waals surface area contributed by atoms with Gasteiger partial charge in [-0.15, -0.1) is 0 Å². The maximum atomic E-state index is 11.5. The number of hydrogen-bond donors (Lipinski definition) is 3. The summed E-state index contributed by atoms with van der Waals surface area (Å²) >= 11 is 0. The lowest BCUT2D eigenvalue weighted by molar-refractivity contribution is -0.119. The Bertz CT molecular complexity index is 728. The molecule has 1 saturated carbocycles. The molecule has 1 heterocycles. The maximum absolute atomic E-state index is 11.5. The van der Waals surface area contributed by atoms with Crippen molar-refractivity contribution < 1.29 is 28.2 Å². The van der Waals surface area contributed by atoms with Crippen LogP contribution in [0.1, 0.15) is 65.2 Å². The molecule has 30 heavy (non-hydrogen) atoms. The van der Waals surface area contributed by atoms with Crippen molar-refractivity contribution in [3.8, 4) is 0 Å². The van der Waals surface area contributed by atoms with E-state index in [9.17, 15) is 23.4 Å². The van der Waals surface area contributed by atoms with Gasteiger partial charge < -0.3 is 14.9 Å². The highest BCUT2D eigenvalue weighted by molar-refractivity contribution is 7.89. The smallest absolute Gasteiger partial charge is 0.233 e. The molecule has 0 spiro atoms. The Hall–Kier alpha value is -1.22. The molecule has 8 heteroatoms. The largest absolute Gasteiger partial charge is 0.392 e. The van der Waals surface area contributed by atoms with Gasteiger partial charge in [0.05, 0.1) is 30.7 Å². The van der Waals surface area contributed by atoms with Gasteiger partial charge in [0.2, 0.25) is 15.9 Å². The van der Waals surface area contributed by atoms with E-state index in [1.807, 2.05) is 30.7 Å². The number of carbonyl (C=O) groups excluding carboxylic acids is 1. The summed E-state index contributed by atoms with van der Waals surface area (Å²) in [6.45, 7) is 4.08. The van der Waals surface area contributed by atoms with E-state index >= 15 is 0 Å². The van der Waals surface area contributed by atoms with E-state index < -0.39 is 28.1 Å². The van der Waals surface area contributed by atoms with Gasteiger partial charge in [-0.1, -0.05) is 30.2 Å². The molecule has 1 saturated heterocycles. The van der Waals surface area contributed by atoms with Gasteiger partial charge in [-0.2, -0.15) is 0 Å². The standard InChI is InChI=1S/C22H37NO6S/c1-15(2)7-6-8-16(24)11-12-18-19-13-17(29-21(19)14-20(18)25)9-4-5-10-22(26)23-30(3,27)28/h7,11-12,16-21,24-25H,4-6,8-10,13-14H2,1-3H3,(H,23,26)/b12-11+/t16-,17-,18+,19+,20+,21-/m0/s1. The lowest BCUT2D eigenvalue weighted by Crippen LogP contribution is -2.29. The van der Waals surface area contributed by atoms with Crippen LogP contribution in [0.2, 0.25) is 0 Å². The molecule has 1 aliphatic heterocycles. The van der Waals surface area contributed by atoms with Gasteiger partial charge in [-0.3, -0.25) is 9.52 Å². The predicted octanol–water partition coefficient (Wildman–Crippen LogP) is 2.44. The van der Waals surface area contributed by atoms with Crippen molar-refractivity contribution in [3.05, 3.63) is 23.8 Å². The van der Waals surface area contributed by atoms with Crippen LogP contribution in [0.5, 0.6) is 0 Å². The third-order valence-electron chi connectivity index (χ3n) is 5.84. The van der Waals surface area contributed by atoms with E-state index in [-0.39, 0.29) is 30.5 Å². The Kier molecular flexibility index (Phi) is 9.53. The monoisotopic (exact) mass is 443 g/mol. The van der Waals surface area contributed by atoms with Crippen molar-refractivity contribution in [2.75, 3.05) is 6.26 Å². The van der Waals surface area contributed by atoms with Crippen molar-refractivity contribution in [1.29, 1.82) is 0 Å². The van der Waals surface area contributed by atoms with Crippen LogP contribution in [0.25, 0.3) is 0 Å². The minimum Gasteiger partial charge on any atom is -0.392 e. The van der Waals surface area contributed by atoms with E-state index in [1.165, 1.54) is 5.57 Å². The first-order valence-corrected chi connectivity index (χ1v) is 12.8. The van der Waals surface area contributed by atoms with Crippen LogP contribution < -0.4 is 4.72 Å². The molecule has 0 aromatic heterocycles. The highest BCUT2D eigenvalue weighted by atomic mass is 32.2. The van der Waals surface area contributed by atoms with E-state index in [1.54, 1.807) is 0 Å². The molecule has 1 aliphatic carbocycles. The quantitative estimate of drug-likeness (QED) is 0.334. The zero-order valence-electron chi connectivity index (χ0n) is 18.3. The average Bonchev–Trinajstić information content (AvgIpc) is 3.11. The average molecular weight is 444 g/mol. The van der Waals surface area contributed by atoms with E-state index in [0.29, 0.717) is 19.3 Å². The molecule has 0 radical (unpaired) electrons. The van der Waals surface area contributed by atoms with Gasteiger partial charge in [-0.05, 0) is 51.9 Å². The molecule has 0 bridgehead atoms. The predicted molar refractivity (Wildman–Crippen MR) is 116 cm³/mol. The first kappa shape index (κ1) is 25.0. The number of rotatable bonds is 11. The van der Waals surface area contributed by atoms with Crippen LogP contribution in [-0.2, 0) is 19.6 Å². The third kappa shape index (κ3) is 8.49. The van der Waals surface area contributed by atoms with Crippen LogP contribution in [-0.4, -0.2) is 55.2 Å². The highest BCUT2D eigenvalue weighted by Gasteiger charge is 2.47. The molecule has 2 fully saturated rings. The molecule has 6 atom stereocenters. The second-order valence-electron chi connectivity index (χ2n) is 8.93. The Morgan fingerprint density at radius 2 is 2.00 bits per heavy atom. The normalized spacial score (nSPS) is 29.7. The van der Waals surface area contributed by atoms with Crippen LogP contribution in [0.15, 0.2) is 23.8 Å². The number of amides is 1. The van der Waals surface area contributed by atoms with Crippen molar-refractivity contribution >= 4 is 15.9 Å². The Morgan fingerprint density at radius 1 is 1.27 bits per heavy atom. The second kappa shape index (κ2) is 11.4. The number of carbonyl (C=O) groups is 1. The minimum atomic E-state index is -3.49. The fraction of sp³-hybridized carbons (Fsp3) is 0.773. The van der Waals surface area contributed by atoms with Gasteiger partial charge in [0.15, 0.2) is 0 Å². The zero-order chi connectivity index (χ0) is 22.3. The number of allylic oxidation sites excluding steroid dienone is 2. The molecular weight excluding hydrogens is 406 g/mol. The Balaban J connectivity index is 1.73. The molecule has 0 unspecified atom stereocenters. The fourth-order valence-corrected chi connectivity index (χ4v) is 4.96. The molecule has 7 nitrogen and oxygen atoms in total. The van der Waals surface area contributed by atoms with Crippen molar-refractivity contribution in [1.82, 2.24) is 4.72 Å². The molecule has 0 aromatic rings. The second-order valence-corrected chi connectivity index (χ2v) is 10.7. The third-order valence-corrected chi connectivity index (χ3v) is 6.44. The van der Waals surface area contributed by atoms with Crippen molar-refractivity contribution in [2.24, 2.45) is 11.8 Å². The first-order valence-electron chi connectivity index (χ1n) is 10.9. The number of aliphatic hydroxyl groups excluding tert-OH is 2. The van der Waals surface area contributed by atoms with E-state index in [0.717, 1.165) is 31.9 Å². The van der Waals surface area contributed by atoms with Crippen LogP contribution >= 0.6 is 0 Å². The number of aliphatic hydroxyl groups is 2. The van der Waals surface area contributed by atoms with Crippen LogP contribution in [0.3, 0.4) is 0 Å². The lowest BCUT2D eigenvalue weighted by Gasteiger charge is -2.18. The molecule has 3 N–H and O–H groups in total. The molecule has 1 amide bonds. The number of nitrogens with one attached hydrogen (secondary N) is 1. The summed E-state index contributed by atoms with van der Waals surface area (Å²) in [4.78, 5) is 11.5.